The summed E-state index contributed by atoms with van der Waals surface area (Å²) < 4.78 is 34.0. The second-order valence-corrected chi connectivity index (χ2v) is 21.3. The second kappa shape index (κ2) is 39.2. The molecular formula is C52H98NO11P. The van der Waals surface area contributed by atoms with Gasteiger partial charge in [0.15, 0.2) is 6.10 Å². The SMILES string of the molecule is CCCCCCCCCCCCCCCCCCCCCCCC(=O)O[C@H](COC(=O)CCC/C=C/C[C@@H]1[C@@H](/C=C/[C@@H](O)CCCCC)[C@H](O)C[C@@H]1O)COP(=O)([O-])OCC[N+](C)(C)C. The Bertz CT molecular complexity index is 1270. The third kappa shape index (κ3) is 36.1. The van der Waals surface area contributed by atoms with Crippen LogP contribution in [0.4, 0.5) is 0 Å². The van der Waals surface area contributed by atoms with Crippen molar-refractivity contribution >= 4 is 19.8 Å². The Morgan fingerprint density at radius 2 is 1.18 bits per heavy atom. The molecule has 0 heterocycles. The normalized spacial score (nSPS) is 19.8. The molecule has 0 radical (unpaired) electrons. The van der Waals surface area contributed by atoms with Crippen LogP contribution in [0.3, 0.4) is 0 Å². The van der Waals surface area contributed by atoms with Crippen LogP contribution in [0.25, 0.3) is 0 Å². The van der Waals surface area contributed by atoms with Gasteiger partial charge in [-0.15, -0.1) is 0 Å². The Hall–Kier alpha value is -1.63. The molecule has 0 saturated heterocycles. The molecule has 65 heavy (non-hydrogen) atoms. The Morgan fingerprint density at radius 1 is 0.677 bits per heavy atom. The molecule has 1 fully saturated rings. The third-order valence-electron chi connectivity index (χ3n) is 12.5. The van der Waals surface area contributed by atoms with Crippen LogP contribution < -0.4 is 4.89 Å². The van der Waals surface area contributed by atoms with Crippen LogP contribution in [0.15, 0.2) is 24.3 Å². The number of phosphoric ester groups is 1. The summed E-state index contributed by atoms with van der Waals surface area (Å²) in [6, 6.07) is 0. The number of quaternary nitrogens is 1. The van der Waals surface area contributed by atoms with Crippen molar-refractivity contribution in [2.45, 2.75) is 237 Å². The van der Waals surface area contributed by atoms with Crippen LogP contribution in [-0.4, -0.2) is 104 Å². The van der Waals surface area contributed by atoms with Gasteiger partial charge in [-0.1, -0.05) is 186 Å². The number of allylic oxidation sites excluding steroid dienone is 2. The van der Waals surface area contributed by atoms with E-state index in [0.29, 0.717) is 49.6 Å². The molecule has 13 heteroatoms. The lowest BCUT2D eigenvalue weighted by atomic mass is 9.89. The Kier molecular flexibility index (Phi) is 37.1. The number of aliphatic hydroxyl groups is 3. The Labute approximate surface area is 396 Å². The summed E-state index contributed by atoms with van der Waals surface area (Å²) in [5, 5.41) is 31.4. The lowest BCUT2D eigenvalue weighted by molar-refractivity contribution is -0.870. The van der Waals surface area contributed by atoms with E-state index in [1.807, 2.05) is 39.4 Å². The van der Waals surface area contributed by atoms with Crippen molar-refractivity contribution in [2.24, 2.45) is 11.8 Å². The van der Waals surface area contributed by atoms with E-state index in [1.54, 1.807) is 6.08 Å². The van der Waals surface area contributed by atoms with Crippen LogP contribution in [0.5, 0.6) is 0 Å². The number of ether oxygens (including phenoxy) is 2. The second-order valence-electron chi connectivity index (χ2n) is 19.9. The minimum Gasteiger partial charge on any atom is -0.756 e. The first-order chi connectivity index (χ1) is 31.2. The Morgan fingerprint density at radius 3 is 1.72 bits per heavy atom. The minimum absolute atomic E-state index is 0.0677. The molecule has 0 aliphatic heterocycles. The highest BCUT2D eigenvalue weighted by atomic mass is 31.2. The number of unbranched alkanes of at least 4 members (excludes halogenated alkanes) is 23. The molecular weight excluding hydrogens is 846 g/mol. The van der Waals surface area contributed by atoms with E-state index in [1.165, 1.54) is 109 Å². The van der Waals surface area contributed by atoms with Gasteiger partial charge in [-0.2, -0.15) is 0 Å². The number of carbonyl (C=O) groups excluding carboxylic acids is 2. The van der Waals surface area contributed by atoms with Gasteiger partial charge < -0.3 is 43.2 Å². The number of phosphoric acid groups is 1. The lowest BCUT2D eigenvalue weighted by Gasteiger charge is -2.28. The molecule has 12 nitrogen and oxygen atoms in total. The summed E-state index contributed by atoms with van der Waals surface area (Å²) in [5.74, 6) is -1.42. The van der Waals surface area contributed by atoms with E-state index in [-0.39, 0.29) is 37.9 Å². The van der Waals surface area contributed by atoms with Crippen molar-refractivity contribution in [3.8, 4) is 0 Å². The number of esters is 2. The number of nitrogens with zero attached hydrogens (tertiary/aromatic N) is 1. The number of likely N-dealkylation sites (N-methyl/N-ethyl adjacent to an activating group) is 1. The van der Waals surface area contributed by atoms with Gasteiger partial charge in [0, 0.05) is 25.2 Å². The molecule has 0 spiro atoms. The van der Waals surface area contributed by atoms with E-state index in [0.717, 1.165) is 38.5 Å². The molecule has 1 rings (SSSR count). The fourth-order valence-electron chi connectivity index (χ4n) is 8.36. The molecule has 1 saturated carbocycles. The first kappa shape index (κ1) is 61.4. The first-order valence-electron chi connectivity index (χ1n) is 26.3. The molecule has 7 atom stereocenters. The molecule has 382 valence electrons. The molecule has 0 amide bonds. The van der Waals surface area contributed by atoms with Crippen LogP contribution >= 0.6 is 7.82 Å². The largest absolute Gasteiger partial charge is 0.756 e. The van der Waals surface area contributed by atoms with Gasteiger partial charge in [0.1, 0.15) is 19.8 Å². The van der Waals surface area contributed by atoms with Crippen LogP contribution in [0.2, 0.25) is 0 Å². The zero-order valence-electron chi connectivity index (χ0n) is 42.0. The average Bonchev–Trinajstić information content (AvgIpc) is 3.52. The molecule has 1 unspecified atom stereocenters. The van der Waals surface area contributed by atoms with Crippen molar-refractivity contribution in [1.29, 1.82) is 0 Å². The topological polar surface area (TPSA) is 172 Å². The fourth-order valence-corrected chi connectivity index (χ4v) is 9.09. The van der Waals surface area contributed by atoms with E-state index < -0.39 is 50.8 Å². The summed E-state index contributed by atoms with van der Waals surface area (Å²) in [4.78, 5) is 37.9. The minimum atomic E-state index is -4.69. The zero-order valence-corrected chi connectivity index (χ0v) is 42.9. The quantitative estimate of drug-likeness (QED) is 0.0174. The fraction of sp³-hybridized carbons (Fsp3) is 0.885. The van der Waals surface area contributed by atoms with Crippen molar-refractivity contribution in [3.63, 3.8) is 0 Å². The molecule has 0 aromatic rings. The summed E-state index contributed by atoms with van der Waals surface area (Å²) in [6.45, 7) is 3.89. The molecule has 0 bridgehead atoms. The maximum Gasteiger partial charge on any atom is 0.306 e. The number of hydrogen-bond donors (Lipinski definition) is 3. The third-order valence-corrected chi connectivity index (χ3v) is 13.5. The van der Waals surface area contributed by atoms with Crippen molar-refractivity contribution in [1.82, 2.24) is 0 Å². The average molecular weight is 944 g/mol. The van der Waals surface area contributed by atoms with E-state index in [9.17, 15) is 34.4 Å². The maximum absolute atomic E-state index is 12.8. The summed E-state index contributed by atoms with van der Waals surface area (Å²) in [7, 11) is 1.04. The summed E-state index contributed by atoms with van der Waals surface area (Å²) in [6.07, 6.45) is 37.3. The van der Waals surface area contributed by atoms with Crippen molar-refractivity contribution < 1.29 is 57.4 Å². The smallest absolute Gasteiger partial charge is 0.306 e. The Balaban J connectivity index is 2.38. The molecule has 0 aromatic heterocycles. The number of hydrogen-bond acceptors (Lipinski definition) is 11. The highest BCUT2D eigenvalue weighted by Gasteiger charge is 2.39. The van der Waals surface area contributed by atoms with Gasteiger partial charge >= 0.3 is 11.9 Å². The maximum atomic E-state index is 12.8. The van der Waals surface area contributed by atoms with Gasteiger partial charge in [-0.05, 0) is 38.0 Å². The highest BCUT2D eigenvalue weighted by molar-refractivity contribution is 7.45. The number of aliphatic hydroxyl groups excluding tert-OH is 3. The first-order valence-corrected chi connectivity index (χ1v) is 27.8. The van der Waals surface area contributed by atoms with E-state index >= 15 is 0 Å². The summed E-state index contributed by atoms with van der Waals surface area (Å²) in [5.41, 5.74) is 0. The lowest BCUT2D eigenvalue weighted by Crippen LogP contribution is -2.37. The van der Waals surface area contributed by atoms with Crippen LogP contribution in [0, 0.1) is 11.8 Å². The zero-order chi connectivity index (χ0) is 48.0. The van der Waals surface area contributed by atoms with Gasteiger partial charge in [-0.25, -0.2) is 0 Å². The monoisotopic (exact) mass is 944 g/mol. The predicted molar refractivity (Wildman–Crippen MR) is 261 cm³/mol. The van der Waals surface area contributed by atoms with Gasteiger partial charge in [0.05, 0.1) is 46.1 Å². The summed E-state index contributed by atoms with van der Waals surface area (Å²) >= 11 is 0. The number of rotatable bonds is 44. The number of carbonyl (C=O) groups is 2. The molecule has 1 aliphatic rings. The molecule has 3 N–H and O–H groups in total. The highest BCUT2D eigenvalue weighted by Crippen LogP contribution is 2.39. The van der Waals surface area contributed by atoms with Crippen LogP contribution in [-0.2, 0) is 32.7 Å². The van der Waals surface area contributed by atoms with Gasteiger partial charge in [0.2, 0.25) is 0 Å². The van der Waals surface area contributed by atoms with Crippen molar-refractivity contribution in [3.05, 3.63) is 24.3 Å². The van der Waals surface area contributed by atoms with Gasteiger partial charge in [0.25, 0.3) is 7.82 Å². The van der Waals surface area contributed by atoms with Crippen molar-refractivity contribution in [2.75, 3.05) is 47.5 Å². The van der Waals surface area contributed by atoms with E-state index in [4.69, 9.17) is 18.5 Å². The standard InChI is InChI=1S/C52H98NO11P/c1-6-8-10-11-12-13-14-15-16-17-18-19-20-21-22-23-24-25-26-27-33-37-52(58)64-46(44-63-65(59,60)62-41-40-53(3,4)5)43-61-51(57)36-32-29-28-31-35-47-48(50(56)42-49(47)55)39-38-45(54)34-30-9-7-2/h28,31,38-39,45-50,54-56H,6-27,29-30,32-37,40-44H2,1-5H3/b31-28+,39-38+/t45-,46+,47+,48+,49-,50+/m0/s1. The molecule has 0 aromatic carbocycles. The van der Waals surface area contributed by atoms with Crippen LogP contribution in [0.1, 0.15) is 213 Å². The van der Waals surface area contributed by atoms with E-state index in [2.05, 4.69) is 13.8 Å². The predicted octanol–water partition coefficient (Wildman–Crippen LogP) is 11.2. The van der Waals surface area contributed by atoms with Gasteiger partial charge in [-0.3, -0.25) is 14.2 Å². The molecule has 1 aliphatic carbocycles.